The number of likely N-dealkylation sites (tertiary alicyclic amines) is 1. The van der Waals surface area contributed by atoms with Crippen molar-refractivity contribution in [2.45, 2.75) is 26.8 Å². The van der Waals surface area contributed by atoms with E-state index in [4.69, 9.17) is 9.84 Å². The number of rotatable bonds is 4. The monoisotopic (exact) mass is 215 g/mol. The number of ether oxygens (including phenoxy) is 1. The van der Waals surface area contributed by atoms with Gasteiger partial charge in [0.2, 0.25) is 0 Å². The van der Waals surface area contributed by atoms with Gasteiger partial charge in [-0.25, -0.2) is 0 Å². The zero-order valence-corrected chi connectivity index (χ0v) is 9.99. The molecule has 0 unspecified atom stereocenters. The maximum Gasteiger partial charge on any atom is 0.320 e. The number of hydrogen-bond acceptors (Lipinski definition) is 3. The van der Waals surface area contributed by atoms with Crippen molar-refractivity contribution in [2.75, 3.05) is 26.8 Å². The van der Waals surface area contributed by atoms with Crippen LogP contribution in [-0.4, -0.2) is 48.8 Å². The topological polar surface area (TPSA) is 49.8 Å². The van der Waals surface area contributed by atoms with Gasteiger partial charge in [0.05, 0.1) is 6.61 Å². The first-order valence-corrected chi connectivity index (χ1v) is 5.34. The minimum absolute atomic E-state index is 0.139. The molecule has 1 aliphatic heterocycles. The highest BCUT2D eigenvalue weighted by molar-refractivity contribution is 5.72. The van der Waals surface area contributed by atoms with Crippen LogP contribution in [0.25, 0.3) is 0 Å². The van der Waals surface area contributed by atoms with Gasteiger partial charge in [0, 0.05) is 26.1 Å². The molecule has 15 heavy (non-hydrogen) atoms. The summed E-state index contributed by atoms with van der Waals surface area (Å²) < 4.78 is 5.18. The second-order valence-electron chi connectivity index (χ2n) is 5.08. The molecule has 0 amide bonds. The first-order chi connectivity index (χ1) is 6.88. The molecule has 0 bridgehead atoms. The van der Waals surface area contributed by atoms with E-state index in [0.717, 1.165) is 13.1 Å². The van der Waals surface area contributed by atoms with Crippen molar-refractivity contribution in [3.8, 4) is 0 Å². The lowest BCUT2D eigenvalue weighted by Crippen LogP contribution is -2.38. The van der Waals surface area contributed by atoms with Crippen molar-refractivity contribution in [1.82, 2.24) is 4.90 Å². The molecule has 0 radical (unpaired) electrons. The van der Waals surface area contributed by atoms with E-state index in [-0.39, 0.29) is 5.41 Å². The van der Waals surface area contributed by atoms with E-state index >= 15 is 0 Å². The molecule has 1 N–H and O–H groups in total. The zero-order valence-electron chi connectivity index (χ0n) is 9.99. The summed E-state index contributed by atoms with van der Waals surface area (Å²) in [6.45, 7) is 8.43. The number of carbonyl (C=O) groups is 1. The van der Waals surface area contributed by atoms with E-state index in [1.807, 2.05) is 4.90 Å². The molecule has 1 heterocycles. The van der Waals surface area contributed by atoms with Crippen LogP contribution in [-0.2, 0) is 9.53 Å². The fourth-order valence-corrected chi connectivity index (χ4v) is 2.18. The third-order valence-corrected chi connectivity index (χ3v) is 3.44. The van der Waals surface area contributed by atoms with Crippen LogP contribution in [0.1, 0.15) is 20.8 Å². The molecule has 1 aliphatic rings. The summed E-state index contributed by atoms with van der Waals surface area (Å²) in [5.74, 6) is -0.326. The molecule has 88 valence electrons. The smallest absolute Gasteiger partial charge is 0.320 e. The number of carboxylic acids is 1. The highest BCUT2D eigenvalue weighted by atomic mass is 16.5. The SMILES string of the molecule is COC[C@H]1CN([C@H](C)C(=O)O)CC1(C)C. The number of carboxylic acid groups (broad SMARTS) is 1. The quantitative estimate of drug-likeness (QED) is 0.762. The minimum atomic E-state index is -0.746. The molecule has 0 saturated carbocycles. The first-order valence-electron chi connectivity index (χ1n) is 5.34. The summed E-state index contributed by atoms with van der Waals surface area (Å²) in [5.41, 5.74) is 0.139. The molecule has 1 fully saturated rings. The molecule has 4 heteroatoms. The highest BCUT2D eigenvalue weighted by Crippen LogP contribution is 2.36. The molecule has 0 aromatic rings. The zero-order chi connectivity index (χ0) is 11.6. The van der Waals surface area contributed by atoms with Gasteiger partial charge in [-0.3, -0.25) is 9.69 Å². The minimum Gasteiger partial charge on any atom is -0.480 e. The van der Waals surface area contributed by atoms with Crippen molar-refractivity contribution in [1.29, 1.82) is 0 Å². The van der Waals surface area contributed by atoms with Crippen molar-refractivity contribution < 1.29 is 14.6 Å². The molecule has 0 aliphatic carbocycles. The molecule has 0 aromatic carbocycles. The molecule has 4 nitrogen and oxygen atoms in total. The number of methoxy groups -OCH3 is 1. The van der Waals surface area contributed by atoms with Crippen molar-refractivity contribution in [3.05, 3.63) is 0 Å². The van der Waals surface area contributed by atoms with Crippen molar-refractivity contribution in [3.63, 3.8) is 0 Å². The van der Waals surface area contributed by atoms with Crippen LogP contribution < -0.4 is 0 Å². The van der Waals surface area contributed by atoms with Gasteiger partial charge in [-0.15, -0.1) is 0 Å². The van der Waals surface area contributed by atoms with Crippen LogP contribution in [0, 0.1) is 11.3 Å². The Kier molecular flexibility index (Phi) is 3.73. The molecule has 1 saturated heterocycles. The lowest BCUT2D eigenvalue weighted by molar-refractivity contribution is -0.142. The van der Waals surface area contributed by atoms with Gasteiger partial charge in [-0.1, -0.05) is 13.8 Å². The lowest BCUT2D eigenvalue weighted by Gasteiger charge is -2.25. The Morgan fingerprint density at radius 1 is 1.67 bits per heavy atom. The Balaban J connectivity index is 2.65. The Morgan fingerprint density at radius 3 is 2.73 bits per heavy atom. The predicted octanol–water partition coefficient (Wildman–Crippen LogP) is 1.06. The summed E-state index contributed by atoms with van der Waals surface area (Å²) in [7, 11) is 1.69. The maximum absolute atomic E-state index is 10.9. The number of nitrogens with zero attached hydrogens (tertiary/aromatic N) is 1. The normalized spacial score (nSPS) is 27.9. The average Bonchev–Trinajstić information content (AvgIpc) is 2.41. The van der Waals surface area contributed by atoms with E-state index in [1.165, 1.54) is 0 Å². The van der Waals surface area contributed by atoms with E-state index in [0.29, 0.717) is 12.5 Å². The summed E-state index contributed by atoms with van der Waals surface area (Å²) >= 11 is 0. The van der Waals surface area contributed by atoms with Crippen LogP contribution >= 0.6 is 0 Å². The van der Waals surface area contributed by atoms with Gasteiger partial charge in [-0.2, -0.15) is 0 Å². The summed E-state index contributed by atoms with van der Waals surface area (Å²) in [6, 6.07) is -0.397. The van der Waals surface area contributed by atoms with Gasteiger partial charge in [0.25, 0.3) is 0 Å². The van der Waals surface area contributed by atoms with Gasteiger partial charge in [0.15, 0.2) is 0 Å². The van der Waals surface area contributed by atoms with E-state index < -0.39 is 12.0 Å². The van der Waals surface area contributed by atoms with Gasteiger partial charge < -0.3 is 9.84 Å². The maximum atomic E-state index is 10.9. The highest BCUT2D eigenvalue weighted by Gasteiger charge is 2.41. The Hall–Kier alpha value is -0.610. The second kappa shape index (κ2) is 4.49. The Labute approximate surface area is 91.2 Å². The van der Waals surface area contributed by atoms with Crippen LogP contribution in [0.3, 0.4) is 0 Å². The third kappa shape index (κ3) is 2.69. The molecule has 0 spiro atoms. The largest absolute Gasteiger partial charge is 0.480 e. The van der Waals surface area contributed by atoms with Gasteiger partial charge in [-0.05, 0) is 12.3 Å². The van der Waals surface area contributed by atoms with E-state index in [1.54, 1.807) is 14.0 Å². The van der Waals surface area contributed by atoms with Crippen LogP contribution in [0.5, 0.6) is 0 Å². The average molecular weight is 215 g/mol. The van der Waals surface area contributed by atoms with Gasteiger partial charge in [0.1, 0.15) is 6.04 Å². The molecular formula is C11H21NO3. The van der Waals surface area contributed by atoms with Crippen LogP contribution in [0.15, 0.2) is 0 Å². The standard InChI is InChI=1S/C11H21NO3/c1-8(10(13)14)12-5-9(6-15-4)11(2,3)7-12/h8-9H,5-7H2,1-4H3,(H,13,14)/t8-,9-/m1/s1. The van der Waals surface area contributed by atoms with E-state index in [2.05, 4.69) is 13.8 Å². The summed E-state index contributed by atoms with van der Waals surface area (Å²) in [4.78, 5) is 12.9. The lowest BCUT2D eigenvalue weighted by atomic mass is 9.83. The Morgan fingerprint density at radius 2 is 2.27 bits per heavy atom. The second-order valence-corrected chi connectivity index (χ2v) is 5.08. The molecule has 0 aromatic heterocycles. The Bertz CT molecular complexity index is 240. The molecular weight excluding hydrogens is 194 g/mol. The third-order valence-electron chi connectivity index (χ3n) is 3.44. The fourth-order valence-electron chi connectivity index (χ4n) is 2.18. The summed E-state index contributed by atoms with van der Waals surface area (Å²) in [6.07, 6.45) is 0. The fraction of sp³-hybridized carbons (Fsp3) is 0.909. The van der Waals surface area contributed by atoms with E-state index in [9.17, 15) is 4.79 Å². The number of hydrogen-bond donors (Lipinski definition) is 1. The summed E-state index contributed by atoms with van der Waals surface area (Å²) in [5, 5.41) is 8.96. The van der Waals surface area contributed by atoms with Crippen molar-refractivity contribution >= 4 is 5.97 Å². The molecule has 1 rings (SSSR count). The number of aliphatic carboxylic acids is 1. The van der Waals surface area contributed by atoms with Crippen molar-refractivity contribution in [2.24, 2.45) is 11.3 Å². The molecule has 2 atom stereocenters. The van der Waals surface area contributed by atoms with Gasteiger partial charge >= 0.3 is 5.97 Å². The predicted molar refractivity (Wildman–Crippen MR) is 57.8 cm³/mol. The van der Waals surface area contributed by atoms with Crippen LogP contribution in [0.4, 0.5) is 0 Å². The first kappa shape index (κ1) is 12.5. The van der Waals surface area contributed by atoms with Crippen LogP contribution in [0.2, 0.25) is 0 Å².